The quantitative estimate of drug-likeness (QED) is 0.312. The number of hydrogen-bond donors (Lipinski definition) is 2. The fourth-order valence-electron chi connectivity index (χ4n) is 4.62. The Balaban J connectivity index is 1.63. The highest BCUT2D eigenvalue weighted by molar-refractivity contribution is 6.01. The average Bonchev–Trinajstić information content (AvgIpc) is 3.32. The molecule has 0 aliphatic carbocycles. The van der Waals surface area contributed by atoms with E-state index in [2.05, 4.69) is 5.32 Å². The number of benzene rings is 3. The SMILES string of the molecule is COc1cc(OC)c(CNC(=O)[C@]2(Cc3ccccc3)N=C(c3ccc(OCCCO)cc3)O[C@@H]2C)c(OC)c1. The molecule has 0 fully saturated rings. The van der Waals surface area contributed by atoms with Crippen LogP contribution in [0.3, 0.4) is 0 Å². The molecule has 1 aliphatic heterocycles. The van der Waals surface area contributed by atoms with Crippen LogP contribution in [0.2, 0.25) is 0 Å². The van der Waals surface area contributed by atoms with Gasteiger partial charge in [-0.1, -0.05) is 30.3 Å². The molecule has 3 aromatic rings. The van der Waals surface area contributed by atoms with E-state index in [1.165, 1.54) is 0 Å². The molecule has 40 heavy (non-hydrogen) atoms. The lowest BCUT2D eigenvalue weighted by atomic mass is 9.86. The summed E-state index contributed by atoms with van der Waals surface area (Å²) in [5, 5.41) is 12.0. The number of carbonyl (C=O) groups is 1. The Bertz CT molecular complexity index is 1290. The minimum atomic E-state index is -1.21. The van der Waals surface area contributed by atoms with Gasteiger partial charge in [0, 0.05) is 37.1 Å². The van der Waals surface area contributed by atoms with E-state index in [1.54, 1.807) is 33.5 Å². The highest BCUT2D eigenvalue weighted by Crippen LogP contribution is 2.36. The van der Waals surface area contributed by atoms with Crippen LogP contribution in [0.5, 0.6) is 23.0 Å². The minimum absolute atomic E-state index is 0.0736. The Kier molecular flexibility index (Phi) is 9.50. The van der Waals surface area contributed by atoms with Gasteiger partial charge in [-0.3, -0.25) is 4.79 Å². The van der Waals surface area contributed by atoms with E-state index in [1.807, 2.05) is 61.5 Å². The number of hydrogen-bond acceptors (Lipinski definition) is 8. The van der Waals surface area contributed by atoms with E-state index >= 15 is 0 Å². The maximum Gasteiger partial charge on any atom is 0.252 e. The van der Waals surface area contributed by atoms with Gasteiger partial charge in [0.25, 0.3) is 5.91 Å². The van der Waals surface area contributed by atoms with Crippen LogP contribution in [0.15, 0.2) is 71.7 Å². The molecule has 212 valence electrons. The van der Waals surface area contributed by atoms with E-state index < -0.39 is 11.6 Å². The molecule has 0 spiro atoms. The molecule has 9 heteroatoms. The lowest BCUT2D eigenvalue weighted by Crippen LogP contribution is -2.52. The second-order valence-corrected chi connectivity index (χ2v) is 9.41. The molecule has 9 nitrogen and oxygen atoms in total. The molecule has 0 radical (unpaired) electrons. The Hall–Kier alpha value is -4.24. The molecule has 0 saturated carbocycles. The van der Waals surface area contributed by atoms with E-state index in [0.717, 1.165) is 11.1 Å². The fourth-order valence-corrected chi connectivity index (χ4v) is 4.62. The van der Waals surface area contributed by atoms with Crippen LogP contribution in [-0.4, -0.2) is 63.1 Å². The molecule has 1 amide bonds. The van der Waals surface area contributed by atoms with Gasteiger partial charge < -0.3 is 34.1 Å². The van der Waals surface area contributed by atoms with Crippen molar-refractivity contribution in [2.75, 3.05) is 34.5 Å². The first-order valence-corrected chi connectivity index (χ1v) is 13.2. The zero-order valence-electron chi connectivity index (χ0n) is 23.3. The van der Waals surface area contributed by atoms with Crippen LogP contribution in [0.25, 0.3) is 0 Å². The lowest BCUT2D eigenvalue weighted by molar-refractivity contribution is -0.128. The molecular formula is C31H36N2O7. The van der Waals surface area contributed by atoms with Crippen LogP contribution in [0.1, 0.15) is 30.0 Å². The smallest absolute Gasteiger partial charge is 0.252 e. The number of aliphatic imine (C=N–C) groups is 1. The molecule has 0 aromatic heterocycles. The Morgan fingerprint density at radius 3 is 2.25 bits per heavy atom. The van der Waals surface area contributed by atoms with Crippen molar-refractivity contribution in [2.45, 2.75) is 38.0 Å². The first-order valence-electron chi connectivity index (χ1n) is 13.2. The summed E-state index contributed by atoms with van der Waals surface area (Å²) in [6, 6.07) is 20.6. The van der Waals surface area contributed by atoms with Gasteiger partial charge in [-0.2, -0.15) is 0 Å². The van der Waals surface area contributed by atoms with Crippen LogP contribution in [-0.2, 0) is 22.5 Å². The van der Waals surface area contributed by atoms with Gasteiger partial charge in [0.2, 0.25) is 5.90 Å². The second-order valence-electron chi connectivity index (χ2n) is 9.41. The third-order valence-electron chi connectivity index (χ3n) is 6.89. The van der Waals surface area contributed by atoms with Crippen molar-refractivity contribution < 1.29 is 33.6 Å². The van der Waals surface area contributed by atoms with Gasteiger partial charge >= 0.3 is 0 Å². The number of methoxy groups -OCH3 is 3. The zero-order valence-corrected chi connectivity index (χ0v) is 23.3. The molecular weight excluding hydrogens is 512 g/mol. The second kappa shape index (κ2) is 13.2. The summed E-state index contributed by atoms with van der Waals surface area (Å²) in [5.74, 6) is 2.45. The van der Waals surface area contributed by atoms with Crippen LogP contribution < -0.4 is 24.3 Å². The number of amides is 1. The monoisotopic (exact) mass is 548 g/mol. The number of nitrogens with one attached hydrogen (secondary N) is 1. The molecule has 0 saturated heterocycles. The summed E-state index contributed by atoms with van der Waals surface area (Å²) in [7, 11) is 4.68. The Labute approximate surface area is 234 Å². The van der Waals surface area contributed by atoms with Crippen molar-refractivity contribution in [2.24, 2.45) is 4.99 Å². The first-order chi connectivity index (χ1) is 19.4. The van der Waals surface area contributed by atoms with E-state index in [4.69, 9.17) is 33.8 Å². The summed E-state index contributed by atoms with van der Waals surface area (Å²) in [6.07, 6.45) is 0.368. The number of aliphatic hydroxyl groups is 1. The highest BCUT2D eigenvalue weighted by Gasteiger charge is 2.50. The van der Waals surface area contributed by atoms with Crippen LogP contribution >= 0.6 is 0 Å². The van der Waals surface area contributed by atoms with Crippen molar-refractivity contribution in [1.29, 1.82) is 0 Å². The summed E-state index contributed by atoms with van der Waals surface area (Å²) in [5.41, 5.74) is 1.18. The van der Waals surface area contributed by atoms with E-state index in [0.29, 0.717) is 53.9 Å². The Morgan fingerprint density at radius 1 is 0.975 bits per heavy atom. The van der Waals surface area contributed by atoms with Crippen LogP contribution in [0, 0.1) is 0 Å². The van der Waals surface area contributed by atoms with Crippen molar-refractivity contribution in [3.8, 4) is 23.0 Å². The molecule has 4 rings (SSSR count). The molecule has 3 aromatic carbocycles. The predicted molar refractivity (Wildman–Crippen MR) is 152 cm³/mol. The zero-order chi connectivity index (χ0) is 28.5. The summed E-state index contributed by atoms with van der Waals surface area (Å²) in [4.78, 5) is 18.9. The fraction of sp³-hybridized carbons (Fsp3) is 0.355. The number of aliphatic hydroxyl groups excluding tert-OH is 1. The van der Waals surface area contributed by atoms with Gasteiger partial charge in [-0.05, 0) is 36.8 Å². The number of carbonyl (C=O) groups excluding carboxylic acids is 1. The van der Waals surface area contributed by atoms with Crippen molar-refractivity contribution in [3.05, 3.63) is 83.4 Å². The number of ether oxygens (including phenoxy) is 5. The summed E-state index contributed by atoms with van der Waals surface area (Å²) >= 11 is 0. The third kappa shape index (κ3) is 6.31. The standard InChI is InChI=1S/C31H36N2O7/c1-21-31(19-22-9-6-5-7-10-22,33-29(40-21)23-11-13-24(14-12-23)39-16-8-15-34)30(35)32-20-26-27(37-3)17-25(36-2)18-28(26)38-4/h5-7,9-14,17-18,21,34H,8,15-16,19-20H2,1-4H3,(H,32,35)/t21-,31-/m1/s1. The van der Waals surface area contributed by atoms with Crippen molar-refractivity contribution in [3.63, 3.8) is 0 Å². The highest BCUT2D eigenvalue weighted by atomic mass is 16.5. The molecule has 2 atom stereocenters. The first kappa shape index (κ1) is 28.8. The van der Waals surface area contributed by atoms with Crippen molar-refractivity contribution >= 4 is 11.8 Å². The number of nitrogens with zero attached hydrogens (tertiary/aromatic N) is 1. The van der Waals surface area contributed by atoms with Gasteiger partial charge in [0.15, 0.2) is 5.54 Å². The number of rotatable bonds is 13. The van der Waals surface area contributed by atoms with Gasteiger partial charge in [0.05, 0.1) is 40.0 Å². The predicted octanol–water partition coefficient (Wildman–Crippen LogP) is 3.94. The largest absolute Gasteiger partial charge is 0.496 e. The van der Waals surface area contributed by atoms with Gasteiger partial charge in [-0.15, -0.1) is 0 Å². The lowest BCUT2D eigenvalue weighted by Gasteiger charge is -2.28. The molecule has 0 unspecified atom stereocenters. The normalized spacial score (nSPS) is 17.9. The third-order valence-corrected chi connectivity index (χ3v) is 6.89. The molecule has 1 aliphatic rings. The summed E-state index contributed by atoms with van der Waals surface area (Å²) < 4.78 is 28.3. The minimum Gasteiger partial charge on any atom is -0.496 e. The molecule has 0 bridgehead atoms. The van der Waals surface area contributed by atoms with Crippen LogP contribution in [0.4, 0.5) is 0 Å². The van der Waals surface area contributed by atoms with Gasteiger partial charge in [0.1, 0.15) is 29.1 Å². The van der Waals surface area contributed by atoms with Crippen molar-refractivity contribution in [1.82, 2.24) is 5.32 Å². The average molecular weight is 549 g/mol. The maximum atomic E-state index is 14.0. The summed E-state index contributed by atoms with van der Waals surface area (Å²) in [6.45, 7) is 2.52. The van der Waals surface area contributed by atoms with E-state index in [9.17, 15) is 4.79 Å². The van der Waals surface area contributed by atoms with E-state index in [-0.39, 0.29) is 19.1 Å². The molecule has 2 N–H and O–H groups in total. The maximum absolute atomic E-state index is 14.0. The van der Waals surface area contributed by atoms with Gasteiger partial charge in [-0.25, -0.2) is 4.99 Å². The molecule has 1 heterocycles. The Morgan fingerprint density at radius 2 is 1.65 bits per heavy atom. The topological polar surface area (TPSA) is 108 Å².